The summed E-state index contributed by atoms with van der Waals surface area (Å²) in [6, 6.07) is 3.16. The standard InChI is InChI=1S/C15H22F3N5O4S/c1-19-14(21-10-13(24)20-9-12-3-2-8-27-12)22-11-4-6-23(7-5-11)28(25,26)15(16,17)18/h2-3,8,11H,4-7,9-10H2,1H3,(H,20,24)(H2,19,21,22). The highest BCUT2D eigenvalue weighted by Gasteiger charge is 2.50. The lowest BCUT2D eigenvalue weighted by Gasteiger charge is -2.32. The number of nitrogens with one attached hydrogen (secondary N) is 3. The third kappa shape index (κ3) is 5.86. The van der Waals surface area contributed by atoms with Crippen molar-refractivity contribution in [1.82, 2.24) is 20.3 Å². The molecule has 1 aromatic heterocycles. The van der Waals surface area contributed by atoms with Gasteiger partial charge in [0.25, 0.3) is 0 Å². The monoisotopic (exact) mass is 425 g/mol. The second-order valence-electron chi connectivity index (χ2n) is 6.05. The van der Waals surface area contributed by atoms with Crippen molar-refractivity contribution in [3.63, 3.8) is 0 Å². The Morgan fingerprint density at radius 1 is 1.32 bits per heavy atom. The molecule has 1 amide bonds. The zero-order valence-electron chi connectivity index (χ0n) is 15.1. The maximum atomic E-state index is 12.6. The van der Waals surface area contributed by atoms with E-state index >= 15 is 0 Å². The number of alkyl halides is 3. The van der Waals surface area contributed by atoms with E-state index in [2.05, 4.69) is 20.9 Å². The zero-order valence-corrected chi connectivity index (χ0v) is 15.9. The molecule has 0 radical (unpaired) electrons. The SMILES string of the molecule is CN=C(NCC(=O)NCc1ccco1)NC1CCN(S(=O)(=O)C(F)(F)F)CC1. The molecule has 0 bridgehead atoms. The molecule has 1 fully saturated rings. The highest BCUT2D eigenvalue weighted by molar-refractivity contribution is 7.90. The topological polar surface area (TPSA) is 116 Å². The Labute approximate surface area is 160 Å². The summed E-state index contributed by atoms with van der Waals surface area (Å²) < 4.78 is 66.1. The summed E-state index contributed by atoms with van der Waals surface area (Å²) >= 11 is 0. The highest BCUT2D eigenvalue weighted by Crippen LogP contribution is 2.28. The minimum Gasteiger partial charge on any atom is -0.467 e. The van der Waals surface area contributed by atoms with Gasteiger partial charge in [0.15, 0.2) is 5.96 Å². The predicted molar refractivity (Wildman–Crippen MR) is 94.6 cm³/mol. The van der Waals surface area contributed by atoms with Gasteiger partial charge in [-0.1, -0.05) is 0 Å². The zero-order chi connectivity index (χ0) is 20.8. The van der Waals surface area contributed by atoms with Crippen LogP contribution in [-0.2, 0) is 21.4 Å². The van der Waals surface area contributed by atoms with Crippen LogP contribution in [0.2, 0.25) is 0 Å². The molecule has 9 nitrogen and oxygen atoms in total. The molecule has 158 valence electrons. The second-order valence-corrected chi connectivity index (χ2v) is 7.98. The molecule has 0 saturated carbocycles. The summed E-state index contributed by atoms with van der Waals surface area (Å²) in [5.74, 6) is 0.604. The van der Waals surface area contributed by atoms with E-state index in [0.29, 0.717) is 16.0 Å². The Morgan fingerprint density at radius 2 is 2.00 bits per heavy atom. The first-order valence-corrected chi connectivity index (χ1v) is 9.90. The first kappa shape index (κ1) is 22.0. The molecule has 13 heteroatoms. The molecule has 0 aliphatic carbocycles. The maximum Gasteiger partial charge on any atom is 0.511 e. The van der Waals surface area contributed by atoms with Gasteiger partial charge in [0.05, 0.1) is 19.4 Å². The van der Waals surface area contributed by atoms with Gasteiger partial charge in [-0.25, -0.2) is 8.42 Å². The van der Waals surface area contributed by atoms with E-state index in [1.807, 2.05) is 0 Å². The fourth-order valence-corrected chi connectivity index (χ4v) is 3.58. The van der Waals surface area contributed by atoms with Crippen LogP contribution in [0, 0.1) is 0 Å². The summed E-state index contributed by atoms with van der Waals surface area (Å²) in [6.07, 6.45) is 1.86. The normalized spacial score (nSPS) is 17.4. The number of furan rings is 1. The van der Waals surface area contributed by atoms with E-state index in [1.165, 1.54) is 13.3 Å². The van der Waals surface area contributed by atoms with Crippen LogP contribution < -0.4 is 16.0 Å². The number of nitrogens with zero attached hydrogens (tertiary/aromatic N) is 2. The van der Waals surface area contributed by atoms with Gasteiger partial charge >= 0.3 is 15.5 Å². The number of rotatable bonds is 6. The number of guanidine groups is 1. The summed E-state index contributed by atoms with van der Waals surface area (Å²) in [7, 11) is -3.82. The Bertz CT molecular complexity index is 772. The minimum absolute atomic E-state index is 0.0678. The van der Waals surface area contributed by atoms with Crippen LogP contribution in [0.1, 0.15) is 18.6 Å². The van der Waals surface area contributed by atoms with Crippen molar-refractivity contribution >= 4 is 21.9 Å². The first-order chi connectivity index (χ1) is 13.1. The molecule has 1 aliphatic rings. The quantitative estimate of drug-likeness (QED) is 0.448. The van der Waals surface area contributed by atoms with Crippen LogP contribution >= 0.6 is 0 Å². The fourth-order valence-electron chi connectivity index (χ4n) is 2.60. The lowest BCUT2D eigenvalue weighted by molar-refractivity contribution is -0.120. The van der Waals surface area contributed by atoms with E-state index in [0.717, 1.165) is 0 Å². The first-order valence-electron chi connectivity index (χ1n) is 8.46. The van der Waals surface area contributed by atoms with Crippen LogP contribution in [0.4, 0.5) is 13.2 Å². The molecule has 0 unspecified atom stereocenters. The van der Waals surface area contributed by atoms with Gasteiger partial charge in [-0.2, -0.15) is 17.5 Å². The average molecular weight is 425 g/mol. The summed E-state index contributed by atoms with van der Waals surface area (Å²) in [5.41, 5.74) is -5.30. The van der Waals surface area contributed by atoms with Crippen LogP contribution in [0.15, 0.2) is 27.8 Å². The fraction of sp³-hybridized carbons (Fsp3) is 0.600. The average Bonchev–Trinajstić information content (AvgIpc) is 3.16. The molecule has 0 atom stereocenters. The molecule has 2 heterocycles. The molecule has 1 aliphatic heterocycles. The number of carbonyl (C=O) groups excluding carboxylic acids is 1. The van der Waals surface area contributed by atoms with Crippen LogP contribution in [-0.4, -0.2) is 62.8 Å². The molecule has 1 saturated heterocycles. The third-order valence-corrected chi connectivity index (χ3v) is 5.74. The second kappa shape index (κ2) is 9.28. The van der Waals surface area contributed by atoms with Crippen molar-refractivity contribution < 1.29 is 30.8 Å². The Morgan fingerprint density at radius 3 is 2.54 bits per heavy atom. The summed E-state index contributed by atoms with van der Waals surface area (Å²) in [5, 5.41) is 8.42. The Kier molecular flexibility index (Phi) is 7.29. The minimum atomic E-state index is -5.30. The van der Waals surface area contributed by atoms with Crippen molar-refractivity contribution in [2.24, 2.45) is 4.99 Å². The smallest absolute Gasteiger partial charge is 0.467 e. The molecular formula is C15H22F3N5O4S. The van der Waals surface area contributed by atoms with Gasteiger partial charge in [0, 0.05) is 26.2 Å². The number of piperidine rings is 1. The van der Waals surface area contributed by atoms with Crippen LogP contribution in [0.25, 0.3) is 0 Å². The van der Waals surface area contributed by atoms with E-state index in [1.54, 1.807) is 12.1 Å². The van der Waals surface area contributed by atoms with Crippen molar-refractivity contribution in [3.8, 4) is 0 Å². The van der Waals surface area contributed by atoms with Gasteiger partial charge in [0.2, 0.25) is 5.91 Å². The summed E-state index contributed by atoms with van der Waals surface area (Å²) in [4.78, 5) is 15.8. The van der Waals surface area contributed by atoms with Crippen LogP contribution in [0.3, 0.4) is 0 Å². The van der Waals surface area contributed by atoms with Gasteiger partial charge in [0.1, 0.15) is 5.76 Å². The van der Waals surface area contributed by atoms with Crippen molar-refractivity contribution in [3.05, 3.63) is 24.2 Å². The van der Waals surface area contributed by atoms with E-state index in [-0.39, 0.29) is 51.0 Å². The van der Waals surface area contributed by atoms with Gasteiger partial charge in [-0.3, -0.25) is 9.79 Å². The van der Waals surface area contributed by atoms with Gasteiger partial charge < -0.3 is 20.4 Å². The summed E-state index contributed by atoms with van der Waals surface area (Å²) in [6.45, 7) is -0.326. The number of carbonyl (C=O) groups is 1. The number of halogens is 3. The van der Waals surface area contributed by atoms with Crippen molar-refractivity contribution in [2.75, 3.05) is 26.7 Å². The Hall–Kier alpha value is -2.28. The molecule has 1 aromatic rings. The largest absolute Gasteiger partial charge is 0.511 e. The van der Waals surface area contributed by atoms with Gasteiger partial charge in [-0.15, -0.1) is 0 Å². The number of hydrogen-bond donors (Lipinski definition) is 3. The number of amides is 1. The molecule has 0 spiro atoms. The lowest BCUT2D eigenvalue weighted by atomic mass is 10.1. The van der Waals surface area contributed by atoms with E-state index < -0.39 is 15.5 Å². The predicted octanol–water partition coefficient (Wildman–Crippen LogP) is 0.375. The lowest BCUT2D eigenvalue weighted by Crippen LogP contribution is -2.52. The third-order valence-electron chi connectivity index (χ3n) is 4.11. The number of sulfonamides is 1. The molecule has 0 aromatic carbocycles. The molecule has 3 N–H and O–H groups in total. The molecule has 2 rings (SSSR count). The van der Waals surface area contributed by atoms with Crippen LogP contribution in [0.5, 0.6) is 0 Å². The number of hydrogen-bond acceptors (Lipinski definition) is 5. The van der Waals surface area contributed by atoms with Gasteiger partial charge in [-0.05, 0) is 25.0 Å². The highest BCUT2D eigenvalue weighted by atomic mass is 32.2. The van der Waals surface area contributed by atoms with Crippen molar-refractivity contribution in [1.29, 1.82) is 0 Å². The molecular weight excluding hydrogens is 403 g/mol. The number of aliphatic imine (C=N–C) groups is 1. The Balaban J connectivity index is 1.74. The molecule has 28 heavy (non-hydrogen) atoms. The maximum absolute atomic E-state index is 12.6. The van der Waals surface area contributed by atoms with E-state index in [9.17, 15) is 26.4 Å². The van der Waals surface area contributed by atoms with Crippen molar-refractivity contribution in [2.45, 2.75) is 30.9 Å². The van der Waals surface area contributed by atoms with E-state index in [4.69, 9.17) is 4.42 Å².